The monoisotopic (exact) mass is 265 g/mol. The summed E-state index contributed by atoms with van der Waals surface area (Å²) in [4.78, 5) is 18.4. The molecule has 106 valence electrons. The minimum atomic E-state index is -0.0818. The number of hydrogen-bond donors (Lipinski definition) is 2. The van der Waals surface area contributed by atoms with E-state index in [-0.39, 0.29) is 11.4 Å². The standard InChI is InChI=1S/C13H23N5O/c1-4-17(7-5-11(14)15)12-13(19)18(8-6-16-12)9-10(2)3/h6,8,10H,4-5,7,9H2,1-3H3,(H3,14,15). The number of nitrogens with one attached hydrogen (secondary N) is 1. The SMILES string of the molecule is CCN(CCC(=N)N)c1nccn(CC(C)C)c1=O. The number of anilines is 1. The molecule has 0 aromatic carbocycles. The zero-order valence-corrected chi connectivity index (χ0v) is 11.9. The van der Waals surface area contributed by atoms with Crippen LogP contribution in [0.2, 0.25) is 0 Å². The summed E-state index contributed by atoms with van der Waals surface area (Å²) in [6.45, 7) is 7.99. The Labute approximate surface area is 113 Å². The van der Waals surface area contributed by atoms with Crippen molar-refractivity contribution in [2.75, 3.05) is 18.0 Å². The number of nitrogens with two attached hydrogens (primary N) is 1. The zero-order chi connectivity index (χ0) is 14.4. The van der Waals surface area contributed by atoms with Gasteiger partial charge in [-0.15, -0.1) is 0 Å². The van der Waals surface area contributed by atoms with Crippen molar-refractivity contribution in [1.82, 2.24) is 9.55 Å². The number of amidine groups is 1. The van der Waals surface area contributed by atoms with Crippen LogP contribution in [0.3, 0.4) is 0 Å². The van der Waals surface area contributed by atoms with E-state index in [4.69, 9.17) is 11.1 Å². The molecule has 3 N–H and O–H groups in total. The summed E-state index contributed by atoms with van der Waals surface area (Å²) in [5.41, 5.74) is 5.28. The summed E-state index contributed by atoms with van der Waals surface area (Å²) in [5.74, 6) is 0.962. The fraction of sp³-hybridized carbons (Fsp3) is 0.615. The van der Waals surface area contributed by atoms with Crippen LogP contribution in [0.15, 0.2) is 17.2 Å². The average Bonchev–Trinajstić information content (AvgIpc) is 2.33. The molecular formula is C13H23N5O. The number of rotatable bonds is 7. The molecule has 0 bridgehead atoms. The highest BCUT2D eigenvalue weighted by molar-refractivity contribution is 5.77. The van der Waals surface area contributed by atoms with Crippen LogP contribution in [0.4, 0.5) is 5.82 Å². The molecule has 0 atom stereocenters. The molecule has 0 fully saturated rings. The Morgan fingerprint density at radius 3 is 2.79 bits per heavy atom. The normalized spacial score (nSPS) is 10.7. The van der Waals surface area contributed by atoms with Crippen LogP contribution in [0, 0.1) is 11.3 Å². The van der Waals surface area contributed by atoms with E-state index in [0.717, 1.165) is 0 Å². The van der Waals surface area contributed by atoms with E-state index < -0.39 is 0 Å². The molecule has 0 unspecified atom stereocenters. The van der Waals surface area contributed by atoms with Gasteiger partial charge in [0, 0.05) is 38.4 Å². The molecule has 1 rings (SSSR count). The maximum Gasteiger partial charge on any atom is 0.293 e. The predicted molar refractivity (Wildman–Crippen MR) is 77.8 cm³/mol. The third kappa shape index (κ3) is 4.39. The van der Waals surface area contributed by atoms with Gasteiger partial charge in [-0.3, -0.25) is 10.2 Å². The third-order valence-electron chi connectivity index (χ3n) is 2.79. The Kier molecular flexibility index (Phi) is 5.54. The largest absolute Gasteiger partial charge is 0.388 e. The number of hydrogen-bond acceptors (Lipinski definition) is 4. The zero-order valence-electron chi connectivity index (χ0n) is 11.9. The molecule has 0 spiro atoms. The molecule has 0 saturated carbocycles. The Morgan fingerprint density at radius 1 is 1.58 bits per heavy atom. The van der Waals surface area contributed by atoms with Crippen LogP contribution in [0.5, 0.6) is 0 Å². The molecule has 1 aromatic heterocycles. The van der Waals surface area contributed by atoms with Gasteiger partial charge in [-0.05, 0) is 12.8 Å². The van der Waals surface area contributed by atoms with Crippen LogP contribution in [0.25, 0.3) is 0 Å². The van der Waals surface area contributed by atoms with Gasteiger partial charge in [0.2, 0.25) is 0 Å². The summed E-state index contributed by atoms with van der Waals surface area (Å²) < 4.78 is 1.68. The predicted octanol–water partition coefficient (Wildman–Crippen LogP) is 1.05. The van der Waals surface area contributed by atoms with Crippen molar-refractivity contribution in [3.8, 4) is 0 Å². The molecule has 0 saturated heterocycles. The van der Waals surface area contributed by atoms with Crippen molar-refractivity contribution < 1.29 is 0 Å². The van der Waals surface area contributed by atoms with Crippen LogP contribution in [-0.4, -0.2) is 28.5 Å². The van der Waals surface area contributed by atoms with Gasteiger partial charge in [0.25, 0.3) is 5.56 Å². The Hall–Kier alpha value is -1.85. The summed E-state index contributed by atoms with van der Waals surface area (Å²) in [7, 11) is 0. The maximum atomic E-state index is 12.3. The lowest BCUT2D eigenvalue weighted by Gasteiger charge is -2.21. The second-order valence-corrected chi connectivity index (χ2v) is 4.96. The van der Waals surface area contributed by atoms with Gasteiger partial charge in [-0.1, -0.05) is 13.8 Å². The van der Waals surface area contributed by atoms with Crippen molar-refractivity contribution >= 4 is 11.7 Å². The lowest BCUT2D eigenvalue weighted by Crippen LogP contribution is -2.35. The first-order valence-corrected chi connectivity index (χ1v) is 6.59. The van der Waals surface area contributed by atoms with Gasteiger partial charge in [0.1, 0.15) is 0 Å². The van der Waals surface area contributed by atoms with E-state index in [9.17, 15) is 4.79 Å². The summed E-state index contributed by atoms with van der Waals surface area (Å²) in [6.07, 6.45) is 3.80. The highest BCUT2D eigenvalue weighted by Crippen LogP contribution is 2.05. The summed E-state index contributed by atoms with van der Waals surface area (Å²) in [6, 6.07) is 0. The molecule has 0 amide bonds. The molecule has 6 nitrogen and oxygen atoms in total. The lowest BCUT2D eigenvalue weighted by molar-refractivity contribution is 0.508. The van der Waals surface area contributed by atoms with Crippen LogP contribution in [0.1, 0.15) is 27.2 Å². The highest BCUT2D eigenvalue weighted by Gasteiger charge is 2.12. The molecule has 1 aromatic rings. The molecule has 0 aliphatic carbocycles. The van der Waals surface area contributed by atoms with Crippen molar-refractivity contribution in [2.45, 2.75) is 33.7 Å². The Morgan fingerprint density at radius 2 is 2.26 bits per heavy atom. The average molecular weight is 265 g/mol. The van der Waals surface area contributed by atoms with Crippen LogP contribution >= 0.6 is 0 Å². The van der Waals surface area contributed by atoms with Crippen molar-refractivity contribution in [1.29, 1.82) is 5.41 Å². The van der Waals surface area contributed by atoms with Crippen molar-refractivity contribution in [3.05, 3.63) is 22.7 Å². The second kappa shape index (κ2) is 6.92. The fourth-order valence-corrected chi connectivity index (χ4v) is 1.86. The molecular weight excluding hydrogens is 242 g/mol. The minimum Gasteiger partial charge on any atom is -0.388 e. The first-order valence-electron chi connectivity index (χ1n) is 6.59. The van der Waals surface area contributed by atoms with E-state index in [1.165, 1.54) is 0 Å². The highest BCUT2D eigenvalue weighted by atomic mass is 16.1. The van der Waals surface area contributed by atoms with Gasteiger partial charge < -0.3 is 15.2 Å². The molecule has 0 radical (unpaired) electrons. The van der Waals surface area contributed by atoms with Gasteiger partial charge >= 0.3 is 0 Å². The Balaban J connectivity index is 2.97. The number of aromatic nitrogens is 2. The minimum absolute atomic E-state index is 0.0818. The smallest absolute Gasteiger partial charge is 0.293 e. The molecule has 6 heteroatoms. The van der Waals surface area contributed by atoms with Gasteiger partial charge in [-0.2, -0.15) is 0 Å². The fourth-order valence-electron chi connectivity index (χ4n) is 1.86. The van der Waals surface area contributed by atoms with E-state index in [1.54, 1.807) is 17.0 Å². The molecule has 1 heterocycles. The van der Waals surface area contributed by atoms with Crippen LogP contribution in [-0.2, 0) is 6.54 Å². The lowest BCUT2D eigenvalue weighted by atomic mass is 10.2. The third-order valence-corrected chi connectivity index (χ3v) is 2.79. The van der Waals surface area contributed by atoms with Gasteiger partial charge in [0.05, 0.1) is 5.84 Å². The van der Waals surface area contributed by atoms with Crippen molar-refractivity contribution in [2.24, 2.45) is 11.7 Å². The maximum absolute atomic E-state index is 12.3. The van der Waals surface area contributed by atoms with E-state index >= 15 is 0 Å². The Bertz CT molecular complexity index is 480. The van der Waals surface area contributed by atoms with E-state index in [1.807, 2.05) is 11.8 Å². The van der Waals surface area contributed by atoms with Gasteiger partial charge in [0.15, 0.2) is 5.82 Å². The van der Waals surface area contributed by atoms with Gasteiger partial charge in [-0.25, -0.2) is 4.98 Å². The van der Waals surface area contributed by atoms with E-state index in [2.05, 4.69) is 18.8 Å². The van der Waals surface area contributed by atoms with E-state index in [0.29, 0.717) is 37.8 Å². The molecule has 0 aliphatic rings. The summed E-state index contributed by atoms with van der Waals surface area (Å²) >= 11 is 0. The number of nitrogens with zero attached hydrogens (tertiary/aromatic N) is 3. The van der Waals surface area contributed by atoms with Crippen LogP contribution < -0.4 is 16.2 Å². The molecule has 0 aliphatic heterocycles. The quantitative estimate of drug-likeness (QED) is 0.570. The molecule has 19 heavy (non-hydrogen) atoms. The van der Waals surface area contributed by atoms with Crippen molar-refractivity contribution in [3.63, 3.8) is 0 Å². The first-order chi connectivity index (χ1) is 8.95. The first kappa shape index (κ1) is 15.2. The topological polar surface area (TPSA) is 88.0 Å². The second-order valence-electron chi connectivity index (χ2n) is 4.96. The summed E-state index contributed by atoms with van der Waals surface area (Å²) in [5, 5.41) is 7.26.